The Morgan fingerprint density at radius 3 is 2.45 bits per heavy atom. The molecule has 0 bridgehead atoms. The molecule has 0 aliphatic carbocycles. The van der Waals surface area contributed by atoms with Crippen LogP contribution in [-0.4, -0.2) is 37.3 Å². The molecule has 1 saturated heterocycles. The third-order valence-electron chi connectivity index (χ3n) is 5.51. The Kier molecular flexibility index (Phi) is 6.99. The number of nitrogens with zero attached hydrogens (tertiary/aromatic N) is 1. The van der Waals surface area contributed by atoms with Crippen LogP contribution in [0.25, 0.3) is 21.0 Å². The number of hydrogen-bond donors (Lipinski definition) is 1. The summed E-state index contributed by atoms with van der Waals surface area (Å²) < 4.78 is 11.0. The topological polar surface area (TPSA) is 60.5 Å². The van der Waals surface area contributed by atoms with Crippen molar-refractivity contribution in [3.05, 3.63) is 59.8 Å². The van der Waals surface area contributed by atoms with Gasteiger partial charge in [-0.15, -0.1) is 11.3 Å². The normalized spacial score (nSPS) is 14.4. The largest absolute Gasteiger partial charge is 0.484 e. The maximum Gasteiger partial charge on any atom is 0.257 e. The first-order valence-electron chi connectivity index (χ1n) is 10.7. The van der Waals surface area contributed by atoms with Crippen molar-refractivity contribution in [2.75, 3.05) is 26.4 Å². The number of rotatable bonds is 7. The molecule has 1 amide bonds. The van der Waals surface area contributed by atoms with E-state index < -0.39 is 0 Å². The molecule has 1 aliphatic rings. The molecule has 162 valence electrons. The molecule has 0 atom stereocenters. The number of carbonyl (C=O) groups is 1. The first kappa shape index (κ1) is 21.5. The van der Waals surface area contributed by atoms with Crippen LogP contribution in [0, 0.1) is 19.8 Å². The smallest absolute Gasteiger partial charge is 0.257 e. The monoisotopic (exact) mass is 436 g/mol. The van der Waals surface area contributed by atoms with Crippen molar-refractivity contribution in [1.82, 2.24) is 10.3 Å². The van der Waals surface area contributed by atoms with Crippen LogP contribution in [0.3, 0.4) is 0 Å². The number of thiazole rings is 1. The highest BCUT2D eigenvalue weighted by molar-refractivity contribution is 7.18. The Bertz CT molecular complexity index is 1010. The lowest BCUT2D eigenvalue weighted by Crippen LogP contribution is -2.35. The molecular weight excluding hydrogens is 408 g/mol. The Morgan fingerprint density at radius 1 is 1.06 bits per heavy atom. The average molecular weight is 437 g/mol. The van der Waals surface area contributed by atoms with Crippen LogP contribution in [0.2, 0.25) is 0 Å². The van der Waals surface area contributed by atoms with E-state index in [2.05, 4.69) is 36.5 Å². The van der Waals surface area contributed by atoms with E-state index >= 15 is 0 Å². The number of benzene rings is 2. The van der Waals surface area contributed by atoms with Crippen molar-refractivity contribution >= 4 is 17.2 Å². The summed E-state index contributed by atoms with van der Waals surface area (Å²) in [5.41, 5.74) is 4.49. The third kappa shape index (κ3) is 5.71. The van der Waals surface area contributed by atoms with Crippen LogP contribution in [-0.2, 0) is 9.53 Å². The lowest BCUT2D eigenvalue weighted by atomic mass is 10.0. The van der Waals surface area contributed by atoms with Gasteiger partial charge in [-0.25, -0.2) is 4.98 Å². The SMILES string of the molecule is Cc1ccc(-c2nc(C)c(-c3ccc(OCC(=O)NCC4CCOCC4)cc3)s2)cc1. The molecule has 0 unspecified atom stereocenters. The summed E-state index contributed by atoms with van der Waals surface area (Å²) in [4.78, 5) is 18.0. The molecule has 0 saturated carbocycles. The predicted molar refractivity (Wildman–Crippen MR) is 125 cm³/mol. The van der Waals surface area contributed by atoms with Crippen LogP contribution < -0.4 is 10.1 Å². The van der Waals surface area contributed by atoms with Crippen molar-refractivity contribution < 1.29 is 14.3 Å². The maximum atomic E-state index is 12.1. The van der Waals surface area contributed by atoms with E-state index in [1.54, 1.807) is 11.3 Å². The van der Waals surface area contributed by atoms with Crippen LogP contribution in [0.15, 0.2) is 48.5 Å². The fraction of sp³-hybridized carbons (Fsp3) is 0.360. The van der Waals surface area contributed by atoms with E-state index in [-0.39, 0.29) is 12.5 Å². The summed E-state index contributed by atoms with van der Waals surface area (Å²) in [7, 11) is 0. The van der Waals surface area contributed by atoms with Crippen LogP contribution >= 0.6 is 11.3 Å². The summed E-state index contributed by atoms with van der Waals surface area (Å²) in [6.45, 7) is 6.42. The first-order valence-corrected chi connectivity index (χ1v) is 11.5. The summed E-state index contributed by atoms with van der Waals surface area (Å²) in [5.74, 6) is 1.10. The number of amides is 1. The molecule has 1 aliphatic heterocycles. The predicted octanol–water partition coefficient (Wildman–Crippen LogP) is 5.02. The highest BCUT2D eigenvalue weighted by atomic mass is 32.1. The van der Waals surface area contributed by atoms with Gasteiger partial charge in [-0.1, -0.05) is 29.8 Å². The summed E-state index contributed by atoms with van der Waals surface area (Å²) in [5, 5.41) is 3.99. The first-order chi connectivity index (χ1) is 15.1. The highest BCUT2D eigenvalue weighted by Crippen LogP contribution is 2.35. The second-order valence-electron chi connectivity index (χ2n) is 7.97. The van der Waals surface area contributed by atoms with Crippen LogP contribution in [0.1, 0.15) is 24.1 Å². The van der Waals surface area contributed by atoms with Gasteiger partial charge in [-0.2, -0.15) is 0 Å². The minimum Gasteiger partial charge on any atom is -0.484 e. The minimum absolute atomic E-state index is 0.0275. The Hall–Kier alpha value is -2.70. The van der Waals surface area contributed by atoms with Crippen molar-refractivity contribution in [3.8, 4) is 26.8 Å². The van der Waals surface area contributed by atoms with E-state index in [4.69, 9.17) is 14.5 Å². The Labute approximate surface area is 187 Å². The van der Waals surface area contributed by atoms with Gasteiger partial charge in [-0.05, 0) is 62.4 Å². The number of hydrogen-bond acceptors (Lipinski definition) is 5. The number of nitrogens with one attached hydrogen (secondary N) is 1. The van der Waals surface area contributed by atoms with Gasteiger partial charge < -0.3 is 14.8 Å². The van der Waals surface area contributed by atoms with Gasteiger partial charge in [-0.3, -0.25) is 4.79 Å². The van der Waals surface area contributed by atoms with Gasteiger partial charge >= 0.3 is 0 Å². The molecule has 6 heteroatoms. The molecule has 2 heterocycles. The zero-order valence-electron chi connectivity index (χ0n) is 18.0. The molecule has 0 radical (unpaired) electrons. The van der Waals surface area contributed by atoms with Crippen LogP contribution in [0.5, 0.6) is 5.75 Å². The van der Waals surface area contributed by atoms with E-state index in [1.807, 2.05) is 31.2 Å². The number of ether oxygens (including phenoxy) is 2. The summed E-state index contributed by atoms with van der Waals surface area (Å²) in [6, 6.07) is 16.3. The summed E-state index contributed by atoms with van der Waals surface area (Å²) in [6.07, 6.45) is 2.01. The highest BCUT2D eigenvalue weighted by Gasteiger charge is 2.15. The molecule has 1 aromatic heterocycles. The molecule has 0 spiro atoms. The van der Waals surface area contributed by atoms with Crippen molar-refractivity contribution in [1.29, 1.82) is 0 Å². The van der Waals surface area contributed by atoms with E-state index in [1.165, 1.54) is 5.56 Å². The second-order valence-corrected chi connectivity index (χ2v) is 8.97. The molecule has 1 N–H and O–H groups in total. The minimum atomic E-state index is -0.0865. The third-order valence-corrected chi connectivity index (χ3v) is 6.77. The molecule has 4 rings (SSSR count). The molecule has 1 fully saturated rings. The Morgan fingerprint density at radius 2 is 1.74 bits per heavy atom. The lowest BCUT2D eigenvalue weighted by molar-refractivity contribution is -0.123. The van der Waals surface area contributed by atoms with Gasteiger partial charge in [0.1, 0.15) is 10.8 Å². The molecule has 3 aromatic rings. The van der Waals surface area contributed by atoms with Gasteiger partial charge in [0.05, 0.1) is 10.6 Å². The van der Waals surface area contributed by atoms with Gasteiger partial charge in [0.25, 0.3) is 5.91 Å². The fourth-order valence-corrected chi connectivity index (χ4v) is 4.67. The maximum absolute atomic E-state index is 12.1. The zero-order chi connectivity index (χ0) is 21.6. The van der Waals surface area contributed by atoms with E-state index in [9.17, 15) is 4.79 Å². The molecule has 2 aromatic carbocycles. The van der Waals surface area contributed by atoms with Crippen molar-refractivity contribution in [2.24, 2.45) is 5.92 Å². The number of aryl methyl sites for hydroxylation is 2. The Balaban J connectivity index is 1.33. The lowest BCUT2D eigenvalue weighted by Gasteiger charge is -2.22. The van der Waals surface area contributed by atoms with Crippen molar-refractivity contribution in [2.45, 2.75) is 26.7 Å². The van der Waals surface area contributed by atoms with Gasteiger partial charge in [0.2, 0.25) is 0 Å². The number of aromatic nitrogens is 1. The average Bonchev–Trinajstić information content (AvgIpc) is 3.19. The number of carbonyl (C=O) groups excluding carboxylic acids is 1. The van der Waals surface area contributed by atoms with Gasteiger partial charge in [0, 0.05) is 25.3 Å². The quantitative estimate of drug-likeness (QED) is 0.565. The van der Waals surface area contributed by atoms with Gasteiger partial charge in [0.15, 0.2) is 6.61 Å². The van der Waals surface area contributed by atoms with Crippen LogP contribution in [0.4, 0.5) is 0 Å². The fourth-order valence-electron chi connectivity index (χ4n) is 3.60. The summed E-state index contributed by atoms with van der Waals surface area (Å²) >= 11 is 1.69. The van der Waals surface area contributed by atoms with E-state index in [0.717, 1.165) is 52.8 Å². The second kappa shape index (κ2) is 10.1. The standard InChI is InChI=1S/C25H28N2O3S/c1-17-3-5-21(6-4-17)25-27-18(2)24(31-25)20-7-9-22(10-8-20)30-16-23(28)26-15-19-11-13-29-14-12-19/h3-10,19H,11-16H2,1-2H3,(H,26,28). The molecule has 5 nitrogen and oxygen atoms in total. The van der Waals surface area contributed by atoms with E-state index in [0.29, 0.717) is 18.2 Å². The molecular formula is C25H28N2O3S. The molecule has 31 heavy (non-hydrogen) atoms. The zero-order valence-corrected chi connectivity index (χ0v) is 18.8. The van der Waals surface area contributed by atoms with Crippen molar-refractivity contribution in [3.63, 3.8) is 0 Å².